The van der Waals surface area contributed by atoms with E-state index in [9.17, 15) is 9.59 Å². The number of benzene rings is 1. The van der Waals surface area contributed by atoms with Crippen molar-refractivity contribution in [3.8, 4) is 0 Å². The molecule has 5 heteroatoms. The predicted octanol–water partition coefficient (Wildman–Crippen LogP) is 3.21. The van der Waals surface area contributed by atoms with Crippen LogP contribution in [-0.2, 0) is 9.53 Å². The van der Waals surface area contributed by atoms with E-state index in [4.69, 9.17) is 4.74 Å². The molecule has 0 bridgehead atoms. The van der Waals surface area contributed by atoms with E-state index in [1.807, 2.05) is 39.0 Å². The summed E-state index contributed by atoms with van der Waals surface area (Å²) in [5, 5.41) is 5.57. The lowest BCUT2D eigenvalue weighted by Gasteiger charge is -2.19. The number of alkyl carbamates (subject to hydrolysis) is 1. The zero-order valence-corrected chi connectivity index (χ0v) is 14.5. The van der Waals surface area contributed by atoms with Crippen molar-refractivity contribution in [3.05, 3.63) is 35.9 Å². The summed E-state index contributed by atoms with van der Waals surface area (Å²) in [6, 6.07) is 10.1. The van der Waals surface area contributed by atoms with Crippen molar-refractivity contribution in [2.24, 2.45) is 0 Å². The van der Waals surface area contributed by atoms with E-state index in [0.717, 1.165) is 0 Å². The minimum Gasteiger partial charge on any atom is -0.444 e. The fourth-order valence-electron chi connectivity index (χ4n) is 2.01. The topological polar surface area (TPSA) is 67.4 Å². The highest BCUT2D eigenvalue weighted by Gasteiger charge is 2.15. The molecule has 0 saturated carbocycles. The van der Waals surface area contributed by atoms with Crippen molar-refractivity contribution in [2.45, 2.75) is 52.1 Å². The SMILES string of the molecule is C[C@H](CNC(=O)CCCNC(=O)OC(C)(C)C)c1ccccc1. The van der Waals surface area contributed by atoms with Gasteiger partial charge in [0.2, 0.25) is 5.91 Å². The quantitative estimate of drug-likeness (QED) is 0.758. The largest absolute Gasteiger partial charge is 0.444 e. The third kappa shape index (κ3) is 8.86. The van der Waals surface area contributed by atoms with Crippen molar-refractivity contribution in [3.63, 3.8) is 0 Å². The molecular formula is C18H28N2O3. The first-order valence-electron chi connectivity index (χ1n) is 8.06. The van der Waals surface area contributed by atoms with Crippen LogP contribution in [0.15, 0.2) is 30.3 Å². The number of amides is 2. The number of nitrogens with one attached hydrogen (secondary N) is 2. The zero-order valence-electron chi connectivity index (χ0n) is 14.5. The molecule has 23 heavy (non-hydrogen) atoms. The second-order valence-corrected chi connectivity index (χ2v) is 6.65. The summed E-state index contributed by atoms with van der Waals surface area (Å²) in [6.45, 7) is 8.56. The second-order valence-electron chi connectivity index (χ2n) is 6.65. The van der Waals surface area contributed by atoms with E-state index in [1.165, 1.54) is 5.56 Å². The average Bonchev–Trinajstić information content (AvgIpc) is 2.48. The summed E-state index contributed by atoms with van der Waals surface area (Å²) in [4.78, 5) is 23.2. The molecule has 1 aromatic carbocycles. The number of ether oxygens (including phenoxy) is 1. The van der Waals surface area contributed by atoms with Gasteiger partial charge in [-0.2, -0.15) is 0 Å². The molecule has 0 radical (unpaired) electrons. The van der Waals surface area contributed by atoms with Gasteiger partial charge in [0.05, 0.1) is 0 Å². The van der Waals surface area contributed by atoms with Crippen LogP contribution in [0.3, 0.4) is 0 Å². The lowest BCUT2D eigenvalue weighted by Crippen LogP contribution is -2.33. The lowest BCUT2D eigenvalue weighted by molar-refractivity contribution is -0.121. The second kappa shape index (κ2) is 9.18. The number of rotatable bonds is 7. The highest BCUT2D eigenvalue weighted by molar-refractivity contribution is 5.76. The normalized spacial score (nSPS) is 12.3. The predicted molar refractivity (Wildman–Crippen MR) is 91.3 cm³/mol. The standard InChI is InChI=1S/C18H28N2O3/c1-14(15-9-6-5-7-10-15)13-20-16(21)11-8-12-19-17(22)23-18(2,3)4/h5-7,9-10,14H,8,11-13H2,1-4H3,(H,19,22)(H,20,21)/t14-/m1/s1. The molecule has 128 valence electrons. The fraction of sp³-hybridized carbons (Fsp3) is 0.556. The molecule has 2 amide bonds. The van der Waals surface area contributed by atoms with Crippen molar-refractivity contribution in [1.29, 1.82) is 0 Å². The van der Waals surface area contributed by atoms with E-state index < -0.39 is 11.7 Å². The van der Waals surface area contributed by atoms with Crippen molar-refractivity contribution >= 4 is 12.0 Å². The molecule has 1 aromatic rings. The van der Waals surface area contributed by atoms with E-state index in [1.54, 1.807) is 0 Å². The monoisotopic (exact) mass is 320 g/mol. The van der Waals surface area contributed by atoms with Gasteiger partial charge in [0.25, 0.3) is 0 Å². The minimum atomic E-state index is -0.505. The number of hydrogen-bond acceptors (Lipinski definition) is 3. The summed E-state index contributed by atoms with van der Waals surface area (Å²) in [7, 11) is 0. The lowest BCUT2D eigenvalue weighted by atomic mass is 10.0. The first kappa shape index (κ1) is 19.0. The molecule has 0 spiro atoms. The molecule has 1 rings (SSSR count). The Hall–Kier alpha value is -2.04. The van der Waals surface area contributed by atoms with Gasteiger partial charge in [-0.1, -0.05) is 37.3 Å². The summed E-state index contributed by atoms with van der Waals surface area (Å²) in [6.07, 6.45) is 0.526. The molecule has 0 aliphatic rings. The van der Waals surface area contributed by atoms with Crippen LogP contribution < -0.4 is 10.6 Å². The van der Waals surface area contributed by atoms with Gasteiger partial charge in [0.1, 0.15) is 5.60 Å². The summed E-state index contributed by atoms with van der Waals surface area (Å²) >= 11 is 0. The zero-order chi connectivity index (χ0) is 17.3. The van der Waals surface area contributed by atoms with Gasteiger partial charge in [-0.25, -0.2) is 4.79 Å². The van der Waals surface area contributed by atoms with Gasteiger partial charge in [0, 0.05) is 19.5 Å². The molecule has 1 atom stereocenters. The van der Waals surface area contributed by atoms with Gasteiger partial charge in [-0.3, -0.25) is 4.79 Å². The van der Waals surface area contributed by atoms with Gasteiger partial charge in [0.15, 0.2) is 0 Å². The van der Waals surface area contributed by atoms with Gasteiger partial charge in [-0.05, 0) is 38.7 Å². The van der Waals surface area contributed by atoms with Crippen LogP contribution in [0.2, 0.25) is 0 Å². The van der Waals surface area contributed by atoms with Crippen LogP contribution in [0.5, 0.6) is 0 Å². The average molecular weight is 320 g/mol. The highest BCUT2D eigenvalue weighted by atomic mass is 16.6. The van der Waals surface area contributed by atoms with Gasteiger partial charge in [-0.15, -0.1) is 0 Å². The smallest absolute Gasteiger partial charge is 0.407 e. The van der Waals surface area contributed by atoms with Crippen molar-refractivity contribution in [2.75, 3.05) is 13.1 Å². The Morgan fingerprint density at radius 2 is 1.78 bits per heavy atom. The minimum absolute atomic E-state index is 0.00114. The third-order valence-corrected chi connectivity index (χ3v) is 3.22. The van der Waals surface area contributed by atoms with Crippen LogP contribution in [0.25, 0.3) is 0 Å². The Balaban J connectivity index is 2.14. The molecule has 0 aromatic heterocycles. The number of carbonyl (C=O) groups excluding carboxylic acids is 2. The molecule has 0 saturated heterocycles. The molecule has 0 heterocycles. The Morgan fingerprint density at radius 1 is 1.13 bits per heavy atom. The Labute approximate surface area is 138 Å². The third-order valence-electron chi connectivity index (χ3n) is 3.22. The van der Waals surface area contributed by atoms with Crippen LogP contribution in [0.4, 0.5) is 4.79 Å². The van der Waals surface area contributed by atoms with Crippen LogP contribution in [-0.4, -0.2) is 30.7 Å². The van der Waals surface area contributed by atoms with Crippen LogP contribution in [0.1, 0.15) is 52.0 Å². The molecule has 0 aliphatic carbocycles. The molecule has 0 fully saturated rings. The van der Waals surface area contributed by atoms with E-state index in [2.05, 4.69) is 29.7 Å². The first-order chi connectivity index (χ1) is 10.8. The van der Waals surface area contributed by atoms with E-state index in [-0.39, 0.29) is 11.8 Å². The Morgan fingerprint density at radius 3 is 2.39 bits per heavy atom. The fourth-order valence-corrected chi connectivity index (χ4v) is 2.01. The summed E-state index contributed by atoms with van der Waals surface area (Å²) < 4.78 is 5.12. The van der Waals surface area contributed by atoms with Crippen LogP contribution >= 0.6 is 0 Å². The molecule has 0 aliphatic heterocycles. The maximum atomic E-state index is 11.8. The maximum Gasteiger partial charge on any atom is 0.407 e. The molecule has 0 unspecified atom stereocenters. The molecule has 5 nitrogen and oxygen atoms in total. The Kier molecular flexibility index (Phi) is 7.59. The number of hydrogen-bond donors (Lipinski definition) is 2. The van der Waals surface area contributed by atoms with E-state index in [0.29, 0.717) is 25.9 Å². The number of carbonyl (C=O) groups is 2. The molecule has 2 N–H and O–H groups in total. The van der Waals surface area contributed by atoms with Gasteiger partial charge >= 0.3 is 6.09 Å². The van der Waals surface area contributed by atoms with E-state index >= 15 is 0 Å². The van der Waals surface area contributed by atoms with Crippen molar-refractivity contribution in [1.82, 2.24) is 10.6 Å². The van der Waals surface area contributed by atoms with Crippen molar-refractivity contribution < 1.29 is 14.3 Å². The maximum absolute atomic E-state index is 11.8. The summed E-state index contributed by atoms with van der Waals surface area (Å²) in [5.41, 5.74) is 0.703. The van der Waals surface area contributed by atoms with Gasteiger partial charge < -0.3 is 15.4 Å². The Bertz CT molecular complexity index is 495. The van der Waals surface area contributed by atoms with Crippen LogP contribution in [0, 0.1) is 0 Å². The summed E-state index contributed by atoms with van der Waals surface area (Å²) in [5.74, 6) is 0.277. The molecular weight excluding hydrogens is 292 g/mol. The first-order valence-corrected chi connectivity index (χ1v) is 8.06. The highest BCUT2D eigenvalue weighted by Crippen LogP contribution is 2.13.